The average molecular weight is 227 g/mol. The van der Waals surface area contributed by atoms with Gasteiger partial charge in [0.25, 0.3) is 0 Å². The number of thiol groups is 1. The van der Waals surface area contributed by atoms with Gasteiger partial charge in [0.1, 0.15) is 10.6 Å². The zero-order valence-electron chi connectivity index (χ0n) is 5.62. The van der Waals surface area contributed by atoms with E-state index in [-0.39, 0.29) is 20.7 Å². The summed E-state index contributed by atoms with van der Waals surface area (Å²) >= 11 is 11.0. The van der Waals surface area contributed by atoms with Gasteiger partial charge in [-0.15, -0.1) is 0 Å². The second kappa shape index (κ2) is 3.51. The van der Waals surface area contributed by atoms with Gasteiger partial charge in [-0.25, -0.2) is 8.42 Å². The Morgan fingerprint density at radius 1 is 1.17 bits per heavy atom. The molecule has 1 rings (SSSR count). The number of phenolic OH excluding ortho intramolecular Hbond substituents is 1. The van der Waals surface area contributed by atoms with Gasteiger partial charge in [-0.1, -0.05) is 23.2 Å². The number of aromatic hydroxyl groups is 1. The first kappa shape index (κ1) is 9.64. The average Bonchev–Trinajstić information content (AvgIpc) is 1.82. The summed E-state index contributed by atoms with van der Waals surface area (Å²) in [5.41, 5.74) is 0. The van der Waals surface area contributed by atoms with Crippen molar-refractivity contribution in [3.63, 3.8) is 0 Å². The highest BCUT2D eigenvalue weighted by Gasteiger charge is 2.09. The van der Waals surface area contributed by atoms with Gasteiger partial charge in [-0.3, -0.25) is 0 Å². The van der Waals surface area contributed by atoms with Gasteiger partial charge in [-0.05, 0) is 12.1 Å². The first-order valence-corrected chi connectivity index (χ1v) is 4.78. The molecular formula is C6H4Cl2O3S. The van der Waals surface area contributed by atoms with Crippen LogP contribution in [0.1, 0.15) is 0 Å². The molecule has 12 heavy (non-hydrogen) atoms. The van der Waals surface area contributed by atoms with Crippen molar-refractivity contribution in [2.24, 2.45) is 0 Å². The molecule has 3 nitrogen and oxygen atoms in total. The molecule has 0 aliphatic carbocycles. The first-order valence-electron chi connectivity index (χ1n) is 2.85. The normalized spacial score (nSPS) is 10.6. The van der Waals surface area contributed by atoms with E-state index in [1.54, 1.807) is 0 Å². The number of hydrogen-bond donors (Lipinski definition) is 2. The fourth-order valence-corrected chi connectivity index (χ4v) is 2.09. The molecule has 0 aromatic heterocycles. The Morgan fingerprint density at radius 3 is 1.92 bits per heavy atom. The third kappa shape index (κ3) is 1.83. The van der Waals surface area contributed by atoms with Gasteiger partial charge in [0.2, 0.25) is 0 Å². The summed E-state index contributed by atoms with van der Waals surface area (Å²) in [6, 6.07) is 2.24. The number of hydrogen-bond acceptors (Lipinski definition) is 3. The van der Waals surface area contributed by atoms with E-state index in [1.165, 1.54) is 0 Å². The number of halogens is 2. The highest BCUT2D eigenvalue weighted by molar-refractivity contribution is 7.72. The lowest BCUT2D eigenvalue weighted by atomic mass is 10.3. The van der Waals surface area contributed by atoms with Gasteiger partial charge in [0.15, 0.2) is 10.7 Å². The van der Waals surface area contributed by atoms with E-state index in [2.05, 4.69) is 0 Å². The van der Waals surface area contributed by atoms with Crippen LogP contribution in [0, 0.1) is 0 Å². The lowest BCUT2D eigenvalue weighted by Gasteiger charge is -1.99. The fourth-order valence-electron chi connectivity index (χ4n) is 0.727. The Labute approximate surface area is 80.5 Å². The van der Waals surface area contributed by atoms with Crippen LogP contribution in [0.2, 0.25) is 10.0 Å². The molecule has 1 aromatic rings. The van der Waals surface area contributed by atoms with Crippen molar-refractivity contribution in [3.8, 4) is 5.75 Å². The van der Waals surface area contributed by atoms with Crippen LogP contribution in [0.5, 0.6) is 5.75 Å². The molecule has 0 radical (unpaired) electrons. The fraction of sp³-hybridized carbons (Fsp3) is 0. The molecule has 0 saturated carbocycles. The van der Waals surface area contributed by atoms with Crippen molar-refractivity contribution in [3.05, 3.63) is 22.2 Å². The van der Waals surface area contributed by atoms with E-state index in [9.17, 15) is 8.42 Å². The molecule has 66 valence electrons. The SMILES string of the molecule is O=[SH](=O)c1c(Cl)cc(O)cc1Cl. The molecule has 0 unspecified atom stereocenters. The van der Waals surface area contributed by atoms with Crippen LogP contribution in [0.15, 0.2) is 17.0 Å². The summed E-state index contributed by atoms with van der Waals surface area (Å²) in [5, 5.41) is 8.79. The van der Waals surface area contributed by atoms with Crippen LogP contribution in [-0.2, 0) is 10.7 Å². The number of phenols is 1. The largest absolute Gasteiger partial charge is 0.508 e. The third-order valence-electron chi connectivity index (χ3n) is 1.18. The van der Waals surface area contributed by atoms with E-state index < -0.39 is 10.7 Å². The Hall–Kier alpha value is -0.450. The van der Waals surface area contributed by atoms with Crippen LogP contribution in [0.4, 0.5) is 0 Å². The predicted molar refractivity (Wildman–Crippen MR) is 46.7 cm³/mol. The summed E-state index contributed by atoms with van der Waals surface area (Å²) in [4.78, 5) is -0.161. The Kier molecular flexibility index (Phi) is 2.82. The maximum atomic E-state index is 10.5. The molecule has 0 aliphatic rings. The van der Waals surface area contributed by atoms with Gasteiger partial charge in [0.05, 0.1) is 10.0 Å². The summed E-state index contributed by atoms with van der Waals surface area (Å²) in [7, 11) is -2.82. The van der Waals surface area contributed by atoms with E-state index >= 15 is 0 Å². The van der Waals surface area contributed by atoms with Crippen LogP contribution in [-0.4, -0.2) is 13.5 Å². The molecule has 0 atom stereocenters. The molecule has 0 amide bonds. The van der Waals surface area contributed by atoms with Crippen molar-refractivity contribution >= 4 is 33.9 Å². The third-order valence-corrected chi connectivity index (χ3v) is 2.89. The Morgan fingerprint density at radius 2 is 1.58 bits per heavy atom. The molecular weight excluding hydrogens is 223 g/mol. The molecule has 0 spiro atoms. The van der Waals surface area contributed by atoms with Gasteiger partial charge in [-0.2, -0.15) is 0 Å². The maximum absolute atomic E-state index is 10.5. The lowest BCUT2D eigenvalue weighted by Crippen LogP contribution is -1.83. The molecule has 0 saturated heterocycles. The number of rotatable bonds is 1. The number of benzene rings is 1. The van der Waals surface area contributed by atoms with Gasteiger partial charge in [0, 0.05) is 0 Å². The molecule has 0 heterocycles. The van der Waals surface area contributed by atoms with E-state index in [4.69, 9.17) is 28.3 Å². The summed E-state index contributed by atoms with van der Waals surface area (Å²) < 4.78 is 21.1. The van der Waals surface area contributed by atoms with Crippen LogP contribution in [0.25, 0.3) is 0 Å². The quantitative estimate of drug-likeness (QED) is 0.717. The second-order valence-corrected chi connectivity index (χ2v) is 3.79. The van der Waals surface area contributed by atoms with Crippen molar-refractivity contribution in [2.75, 3.05) is 0 Å². The Balaban J connectivity index is 3.48. The summed E-state index contributed by atoms with van der Waals surface area (Å²) in [5.74, 6) is -0.161. The minimum atomic E-state index is -2.82. The van der Waals surface area contributed by atoms with Crippen molar-refractivity contribution in [2.45, 2.75) is 4.90 Å². The predicted octanol–water partition coefficient (Wildman–Crippen LogP) is 1.67. The maximum Gasteiger partial charge on any atom is 0.171 e. The summed E-state index contributed by atoms with van der Waals surface area (Å²) in [6.07, 6.45) is 0. The van der Waals surface area contributed by atoms with Gasteiger partial charge >= 0.3 is 0 Å². The topological polar surface area (TPSA) is 54.4 Å². The van der Waals surface area contributed by atoms with E-state index in [1.807, 2.05) is 0 Å². The second-order valence-electron chi connectivity index (χ2n) is 2.02. The van der Waals surface area contributed by atoms with E-state index in [0.717, 1.165) is 12.1 Å². The highest BCUT2D eigenvalue weighted by Crippen LogP contribution is 2.30. The zero-order valence-corrected chi connectivity index (χ0v) is 8.03. The van der Waals surface area contributed by atoms with Crippen molar-refractivity contribution < 1.29 is 13.5 Å². The first-order chi connectivity index (χ1) is 5.52. The molecule has 0 aliphatic heterocycles. The van der Waals surface area contributed by atoms with Crippen LogP contribution in [0.3, 0.4) is 0 Å². The molecule has 1 N–H and O–H groups in total. The molecule has 0 bridgehead atoms. The van der Waals surface area contributed by atoms with Crippen LogP contribution >= 0.6 is 23.2 Å². The lowest BCUT2D eigenvalue weighted by molar-refractivity contribution is 0.475. The summed E-state index contributed by atoms with van der Waals surface area (Å²) in [6.45, 7) is 0. The smallest absolute Gasteiger partial charge is 0.171 e. The van der Waals surface area contributed by atoms with E-state index in [0.29, 0.717) is 0 Å². The standard InChI is InChI=1S/C6H4Cl2O3S/c7-4-1-3(9)2-5(8)6(4)12(10)11/h1-2,9,12H. The monoisotopic (exact) mass is 226 g/mol. The van der Waals surface area contributed by atoms with Gasteiger partial charge < -0.3 is 5.11 Å². The minimum Gasteiger partial charge on any atom is -0.508 e. The van der Waals surface area contributed by atoms with Crippen molar-refractivity contribution in [1.29, 1.82) is 0 Å². The zero-order chi connectivity index (χ0) is 9.30. The van der Waals surface area contributed by atoms with Crippen molar-refractivity contribution in [1.82, 2.24) is 0 Å². The molecule has 6 heteroatoms. The Bertz CT molecular complexity index is 355. The highest BCUT2D eigenvalue weighted by atomic mass is 35.5. The van der Waals surface area contributed by atoms with Crippen LogP contribution < -0.4 is 0 Å². The minimum absolute atomic E-state index is 0.0730. The molecule has 1 aromatic carbocycles. The molecule has 0 fully saturated rings.